The molecule has 1 atom stereocenters. The Morgan fingerprint density at radius 1 is 1.73 bits per heavy atom. The summed E-state index contributed by atoms with van der Waals surface area (Å²) >= 11 is 1.94. The van der Waals surface area contributed by atoms with Crippen LogP contribution in [-0.2, 0) is 4.79 Å². The van der Waals surface area contributed by atoms with E-state index in [4.69, 9.17) is 0 Å². The summed E-state index contributed by atoms with van der Waals surface area (Å²) in [5, 5.41) is 2.84. The van der Waals surface area contributed by atoms with Crippen molar-refractivity contribution in [1.29, 1.82) is 0 Å². The van der Waals surface area contributed by atoms with Crippen LogP contribution in [0.3, 0.4) is 0 Å². The van der Waals surface area contributed by atoms with E-state index in [1.165, 1.54) is 6.42 Å². The molecule has 1 saturated heterocycles. The fourth-order valence-corrected chi connectivity index (χ4v) is 2.13. The summed E-state index contributed by atoms with van der Waals surface area (Å²) in [7, 11) is 0. The van der Waals surface area contributed by atoms with Crippen LogP contribution in [0.25, 0.3) is 0 Å². The maximum atomic E-state index is 10.9. The highest BCUT2D eigenvalue weighted by molar-refractivity contribution is 7.99. The topological polar surface area (TPSA) is 29.1 Å². The number of hydrogen-bond acceptors (Lipinski definition) is 2. The second kappa shape index (κ2) is 4.65. The Morgan fingerprint density at radius 3 is 3.18 bits per heavy atom. The fraction of sp³-hybridized carbons (Fsp3) is 0.875. The monoisotopic (exact) mass is 173 g/mol. The maximum absolute atomic E-state index is 10.9. The van der Waals surface area contributed by atoms with Crippen LogP contribution in [-0.4, -0.2) is 24.0 Å². The molecule has 0 aliphatic carbocycles. The third-order valence-corrected chi connectivity index (χ3v) is 3.02. The highest BCUT2D eigenvalue weighted by Gasteiger charge is 2.17. The van der Waals surface area contributed by atoms with Gasteiger partial charge in [0, 0.05) is 13.0 Å². The van der Waals surface area contributed by atoms with Crippen molar-refractivity contribution in [3.63, 3.8) is 0 Å². The van der Waals surface area contributed by atoms with Crippen molar-refractivity contribution >= 4 is 17.7 Å². The van der Waals surface area contributed by atoms with Gasteiger partial charge in [0.05, 0.1) is 0 Å². The summed E-state index contributed by atoms with van der Waals surface area (Å²) in [6.45, 7) is 3.04. The fourth-order valence-electron chi connectivity index (χ4n) is 1.28. The average molecular weight is 173 g/mol. The molecule has 2 nitrogen and oxygen atoms in total. The van der Waals surface area contributed by atoms with Gasteiger partial charge in [-0.2, -0.15) is 11.8 Å². The van der Waals surface area contributed by atoms with Gasteiger partial charge in [0.25, 0.3) is 0 Å². The lowest BCUT2D eigenvalue weighted by atomic mass is 10.0. The summed E-state index contributed by atoms with van der Waals surface area (Å²) in [5.74, 6) is 3.19. The second-order valence-electron chi connectivity index (χ2n) is 2.87. The minimum atomic E-state index is 0.234. The van der Waals surface area contributed by atoms with Crippen LogP contribution in [0.1, 0.15) is 19.8 Å². The standard InChI is InChI=1S/C8H15NOS/c1-2-11-6-7-3-4-9-8(10)5-7/h7H,2-6H2,1H3,(H,9,10). The van der Waals surface area contributed by atoms with Crippen molar-refractivity contribution in [2.24, 2.45) is 5.92 Å². The van der Waals surface area contributed by atoms with Crippen molar-refractivity contribution in [3.05, 3.63) is 0 Å². The number of nitrogens with one attached hydrogen (secondary N) is 1. The van der Waals surface area contributed by atoms with Gasteiger partial charge in [-0.25, -0.2) is 0 Å². The van der Waals surface area contributed by atoms with Gasteiger partial charge in [-0.15, -0.1) is 0 Å². The van der Waals surface area contributed by atoms with E-state index in [0.29, 0.717) is 5.92 Å². The van der Waals surface area contributed by atoms with Crippen LogP contribution in [0.2, 0.25) is 0 Å². The summed E-state index contributed by atoms with van der Waals surface area (Å²) in [6, 6.07) is 0. The number of thioether (sulfide) groups is 1. The van der Waals surface area contributed by atoms with Gasteiger partial charge < -0.3 is 5.32 Å². The van der Waals surface area contributed by atoms with Crippen LogP contribution < -0.4 is 5.32 Å². The molecule has 0 bridgehead atoms. The highest BCUT2D eigenvalue weighted by Crippen LogP contribution is 2.17. The van der Waals surface area contributed by atoms with Crippen LogP contribution in [0.4, 0.5) is 0 Å². The van der Waals surface area contributed by atoms with Crippen molar-refractivity contribution in [1.82, 2.24) is 5.32 Å². The Kier molecular flexibility index (Phi) is 3.77. The number of hydrogen-bond donors (Lipinski definition) is 1. The Hall–Kier alpha value is -0.180. The number of rotatable bonds is 3. The zero-order chi connectivity index (χ0) is 8.10. The molecule has 1 unspecified atom stereocenters. The van der Waals surface area contributed by atoms with E-state index < -0.39 is 0 Å². The second-order valence-corrected chi connectivity index (χ2v) is 4.19. The van der Waals surface area contributed by atoms with Gasteiger partial charge >= 0.3 is 0 Å². The lowest BCUT2D eigenvalue weighted by Crippen LogP contribution is -2.34. The molecule has 1 rings (SSSR count). The third kappa shape index (κ3) is 3.14. The Morgan fingerprint density at radius 2 is 2.55 bits per heavy atom. The average Bonchev–Trinajstić information content (AvgIpc) is 2.01. The lowest BCUT2D eigenvalue weighted by Gasteiger charge is -2.21. The molecule has 0 spiro atoms. The summed E-state index contributed by atoms with van der Waals surface area (Å²) in [5.41, 5.74) is 0. The molecular formula is C8H15NOS. The van der Waals surface area contributed by atoms with Gasteiger partial charge in [-0.3, -0.25) is 4.79 Å². The Balaban J connectivity index is 2.17. The molecule has 0 aromatic heterocycles. The normalized spacial score (nSPS) is 24.8. The minimum absolute atomic E-state index is 0.234. The molecule has 0 saturated carbocycles. The number of amides is 1. The molecule has 1 heterocycles. The molecule has 1 aliphatic heterocycles. The first kappa shape index (κ1) is 8.91. The predicted octanol–water partition coefficient (Wildman–Crippen LogP) is 1.27. The van der Waals surface area contributed by atoms with E-state index in [0.717, 1.165) is 24.5 Å². The molecule has 3 heteroatoms. The van der Waals surface area contributed by atoms with Gasteiger partial charge in [0.1, 0.15) is 0 Å². The van der Waals surface area contributed by atoms with E-state index in [9.17, 15) is 4.79 Å². The first-order valence-corrected chi connectivity index (χ1v) is 5.33. The number of carbonyl (C=O) groups excluding carboxylic acids is 1. The van der Waals surface area contributed by atoms with Crippen LogP contribution in [0, 0.1) is 5.92 Å². The smallest absolute Gasteiger partial charge is 0.220 e. The first-order chi connectivity index (χ1) is 5.33. The zero-order valence-corrected chi connectivity index (χ0v) is 7.75. The first-order valence-electron chi connectivity index (χ1n) is 4.17. The van der Waals surface area contributed by atoms with E-state index in [2.05, 4.69) is 12.2 Å². The van der Waals surface area contributed by atoms with E-state index in [1.807, 2.05) is 11.8 Å². The van der Waals surface area contributed by atoms with Crippen molar-refractivity contribution < 1.29 is 4.79 Å². The molecule has 1 N–H and O–H groups in total. The molecular weight excluding hydrogens is 158 g/mol. The van der Waals surface area contributed by atoms with E-state index in [-0.39, 0.29) is 5.91 Å². The molecule has 0 radical (unpaired) electrons. The molecule has 0 aromatic carbocycles. The third-order valence-electron chi connectivity index (χ3n) is 1.91. The molecule has 11 heavy (non-hydrogen) atoms. The predicted molar refractivity (Wildman–Crippen MR) is 48.7 cm³/mol. The maximum Gasteiger partial charge on any atom is 0.220 e. The van der Waals surface area contributed by atoms with Gasteiger partial charge in [0.2, 0.25) is 5.91 Å². The zero-order valence-electron chi connectivity index (χ0n) is 6.93. The molecule has 1 fully saturated rings. The molecule has 64 valence electrons. The summed E-state index contributed by atoms with van der Waals surface area (Å²) < 4.78 is 0. The quantitative estimate of drug-likeness (QED) is 0.696. The van der Waals surface area contributed by atoms with Crippen molar-refractivity contribution in [2.75, 3.05) is 18.1 Å². The largest absolute Gasteiger partial charge is 0.356 e. The molecule has 0 aromatic rings. The van der Waals surface area contributed by atoms with Crippen LogP contribution in [0.5, 0.6) is 0 Å². The SMILES string of the molecule is CCSCC1CCNC(=O)C1. The Labute approximate surface area is 72.1 Å². The number of carbonyl (C=O) groups is 1. The van der Waals surface area contributed by atoms with Crippen molar-refractivity contribution in [2.45, 2.75) is 19.8 Å². The molecule has 1 aliphatic rings. The number of piperidine rings is 1. The van der Waals surface area contributed by atoms with Gasteiger partial charge in [-0.05, 0) is 23.8 Å². The van der Waals surface area contributed by atoms with Crippen LogP contribution in [0.15, 0.2) is 0 Å². The Bertz CT molecular complexity index is 138. The summed E-state index contributed by atoms with van der Waals surface area (Å²) in [4.78, 5) is 10.9. The summed E-state index contributed by atoms with van der Waals surface area (Å²) in [6.07, 6.45) is 1.91. The van der Waals surface area contributed by atoms with E-state index in [1.54, 1.807) is 0 Å². The highest BCUT2D eigenvalue weighted by atomic mass is 32.2. The van der Waals surface area contributed by atoms with Crippen LogP contribution >= 0.6 is 11.8 Å². The minimum Gasteiger partial charge on any atom is -0.356 e. The van der Waals surface area contributed by atoms with Crippen molar-refractivity contribution in [3.8, 4) is 0 Å². The lowest BCUT2D eigenvalue weighted by molar-refractivity contribution is -0.123. The van der Waals surface area contributed by atoms with E-state index >= 15 is 0 Å². The van der Waals surface area contributed by atoms with Gasteiger partial charge in [0.15, 0.2) is 0 Å². The van der Waals surface area contributed by atoms with Gasteiger partial charge in [-0.1, -0.05) is 6.92 Å². The molecule has 1 amide bonds.